The number of anilines is 2. The van der Waals surface area contributed by atoms with E-state index < -0.39 is 5.91 Å². The van der Waals surface area contributed by atoms with Gasteiger partial charge in [0.05, 0.1) is 4.88 Å². The Kier molecular flexibility index (Phi) is 5.86. The third-order valence-electron chi connectivity index (χ3n) is 3.38. The van der Waals surface area contributed by atoms with Gasteiger partial charge in [-0.05, 0) is 26.0 Å². The van der Waals surface area contributed by atoms with Crippen molar-refractivity contribution in [3.05, 3.63) is 27.6 Å². The van der Waals surface area contributed by atoms with E-state index in [1.807, 2.05) is 19.9 Å². The molecule has 2 heterocycles. The van der Waals surface area contributed by atoms with Crippen molar-refractivity contribution in [1.82, 2.24) is 20.5 Å². The van der Waals surface area contributed by atoms with Gasteiger partial charge in [0.15, 0.2) is 11.5 Å². The van der Waals surface area contributed by atoms with Crippen molar-refractivity contribution < 1.29 is 9.59 Å². The minimum Gasteiger partial charge on any atom is -0.371 e. The van der Waals surface area contributed by atoms with Gasteiger partial charge in [-0.1, -0.05) is 0 Å². The molecule has 0 saturated carbocycles. The smallest absolute Gasteiger partial charge is 0.273 e. The molecule has 0 aliphatic rings. The quantitative estimate of drug-likeness (QED) is 0.659. The van der Waals surface area contributed by atoms with Gasteiger partial charge >= 0.3 is 0 Å². The molecule has 9 nitrogen and oxygen atoms in total. The number of hydrogen-bond acceptors (Lipinski definition) is 8. The van der Waals surface area contributed by atoms with E-state index in [1.54, 1.807) is 25.1 Å². The molecule has 2 amide bonds. The lowest BCUT2D eigenvalue weighted by Crippen LogP contribution is -2.41. The maximum Gasteiger partial charge on any atom is 0.273 e. The van der Waals surface area contributed by atoms with Crippen molar-refractivity contribution in [3.63, 3.8) is 0 Å². The van der Waals surface area contributed by atoms with Crippen molar-refractivity contribution in [3.8, 4) is 0 Å². The van der Waals surface area contributed by atoms with E-state index in [4.69, 9.17) is 5.73 Å². The fraction of sp³-hybridized carbons (Fsp3) is 0.400. The molecule has 2 aromatic rings. The van der Waals surface area contributed by atoms with Crippen LogP contribution in [0.3, 0.4) is 0 Å². The van der Waals surface area contributed by atoms with E-state index in [1.165, 1.54) is 11.3 Å². The van der Waals surface area contributed by atoms with Gasteiger partial charge in [-0.15, -0.1) is 21.5 Å². The van der Waals surface area contributed by atoms with E-state index in [9.17, 15) is 9.59 Å². The van der Waals surface area contributed by atoms with E-state index in [-0.39, 0.29) is 23.5 Å². The monoisotopic (exact) mass is 363 g/mol. The zero-order chi connectivity index (χ0) is 18.6. The molecule has 0 aliphatic carbocycles. The Morgan fingerprint density at radius 3 is 2.64 bits per heavy atom. The van der Waals surface area contributed by atoms with Crippen LogP contribution in [0.2, 0.25) is 0 Å². The second-order valence-electron chi connectivity index (χ2n) is 5.59. The Labute approximate surface area is 149 Å². The Bertz CT molecular complexity index is 777. The van der Waals surface area contributed by atoms with Crippen LogP contribution in [-0.4, -0.2) is 53.7 Å². The Balaban J connectivity index is 2.02. The van der Waals surface area contributed by atoms with Crippen LogP contribution >= 0.6 is 11.3 Å². The first-order chi connectivity index (χ1) is 11.8. The summed E-state index contributed by atoms with van der Waals surface area (Å²) in [4.78, 5) is 31.2. The molecular formula is C15H21N7O2S. The number of likely N-dealkylation sites (N-methyl/N-ethyl adjacent to an activating group) is 1. The van der Waals surface area contributed by atoms with Gasteiger partial charge in [0.2, 0.25) is 5.95 Å². The van der Waals surface area contributed by atoms with Gasteiger partial charge < -0.3 is 21.3 Å². The van der Waals surface area contributed by atoms with E-state index in [0.717, 1.165) is 4.88 Å². The highest BCUT2D eigenvalue weighted by atomic mass is 32.1. The number of thiophene rings is 1. The summed E-state index contributed by atoms with van der Waals surface area (Å²) in [5, 5.41) is 13.4. The first-order valence-corrected chi connectivity index (χ1v) is 8.44. The summed E-state index contributed by atoms with van der Waals surface area (Å²) in [6.45, 7) is 4.31. The van der Waals surface area contributed by atoms with Gasteiger partial charge in [-0.3, -0.25) is 9.59 Å². The molecule has 0 bridgehead atoms. The lowest BCUT2D eigenvalue weighted by molar-refractivity contribution is 0.0943. The van der Waals surface area contributed by atoms with Gasteiger partial charge in [-0.2, -0.15) is 4.98 Å². The number of primary amides is 1. The highest BCUT2D eigenvalue weighted by Crippen LogP contribution is 2.15. The molecule has 2 rings (SSSR count). The largest absolute Gasteiger partial charge is 0.371 e. The molecule has 0 spiro atoms. The van der Waals surface area contributed by atoms with Crippen LogP contribution in [0, 0.1) is 6.92 Å². The zero-order valence-corrected chi connectivity index (χ0v) is 15.3. The zero-order valence-electron chi connectivity index (χ0n) is 14.5. The van der Waals surface area contributed by atoms with Crippen LogP contribution < -0.4 is 21.3 Å². The SMILES string of the molecule is CNc1nc(N(C)CC(C)NC(=O)c2ccc(C)s2)nnc1C(N)=O. The number of rotatable bonds is 7. The number of amides is 2. The Morgan fingerprint density at radius 1 is 1.36 bits per heavy atom. The maximum atomic E-state index is 12.2. The van der Waals surface area contributed by atoms with Crippen molar-refractivity contribution in [2.45, 2.75) is 19.9 Å². The lowest BCUT2D eigenvalue weighted by atomic mass is 10.3. The van der Waals surface area contributed by atoms with Crippen molar-refractivity contribution in [1.29, 1.82) is 0 Å². The summed E-state index contributed by atoms with van der Waals surface area (Å²) < 4.78 is 0. The second-order valence-corrected chi connectivity index (χ2v) is 6.88. The number of nitrogens with zero attached hydrogens (tertiary/aromatic N) is 4. The van der Waals surface area contributed by atoms with Crippen LogP contribution in [-0.2, 0) is 0 Å². The maximum absolute atomic E-state index is 12.2. The van der Waals surface area contributed by atoms with Crippen LogP contribution in [0.25, 0.3) is 0 Å². The normalized spacial score (nSPS) is 11.7. The summed E-state index contributed by atoms with van der Waals surface area (Å²) in [5.74, 6) is -0.235. The molecule has 0 saturated heterocycles. The minimum atomic E-state index is -0.703. The molecule has 1 unspecified atom stereocenters. The average molecular weight is 363 g/mol. The molecule has 2 aromatic heterocycles. The molecule has 0 fully saturated rings. The van der Waals surface area contributed by atoms with Crippen molar-refractivity contribution in [2.75, 3.05) is 30.9 Å². The number of carbonyl (C=O) groups is 2. The third-order valence-corrected chi connectivity index (χ3v) is 4.38. The number of nitrogens with one attached hydrogen (secondary N) is 2. The summed E-state index contributed by atoms with van der Waals surface area (Å²) >= 11 is 1.45. The predicted molar refractivity (Wildman–Crippen MR) is 97.1 cm³/mol. The van der Waals surface area contributed by atoms with E-state index in [2.05, 4.69) is 25.8 Å². The molecular weight excluding hydrogens is 342 g/mol. The van der Waals surface area contributed by atoms with Crippen molar-refractivity contribution >= 4 is 34.9 Å². The standard InChI is InChI=1S/C15H21N7O2S/c1-8(18-14(24)10-6-5-9(2)25-10)7-22(4)15-19-13(17-3)11(12(16)23)20-21-15/h5-6,8H,7H2,1-4H3,(H2,16,23)(H,18,24)(H,17,19,21). The van der Waals surface area contributed by atoms with Crippen LogP contribution in [0.1, 0.15) is 32.0 Å². The summed E-state index contributed by atoms with van der Waals surface area (Å²) in [6, 6.07) is 3.58. The minimum absolute atomic E-state index is 0.0194. The second kappa shape index (κ2) is 7.88. The van der Waals surface area contributed by atoms with Gasteiger partial charge in [0.25, 0.3) is 11.8 Å². The Morgan fingerprint density at radius 2 is 2.08 bits per heavy atom. The molecule has 134 valence electrons. The van der Waals surface area contributed by atoms with Crippen LogP contribution in [0.5, 0.6) is 0 Å². The number of nitrogens with two attached hydrogens (primary N) is 1. The summed E-state index contributed by atoms with van der Waals surface area (Å²) in [7, 11) is 3.39. The summed E-state index contributed by atoms with van der Waals surface area (Å²) in [5.41, 5.74) is 5.21. The fourth-order valence-corrected chi connectivity index (χ4v) is 2.98. The van der Waals surface area contributed by atoms with Crippen LogP contribution in [0.4, 0.5) is 11.8 Å². The third kappa shape index (κ3) is 4.63. The van der Waals surface area contributed by atoms with Gasteiger partial charge in [0.1, 0.15) is 0 Å². The number of aryl methyl sites for hydroxylation is 1. The first-order valence-electron chi connectivity index (χ1n) is 7.62. The Hall–Kier alpha value is -2.75. The predicted octanol–water partition coefficient (Wildman–Crippen LogP) is 0.637. The highest BCUT2D eigenvalue weighted by Gasteiger charge is 2.18. The molecule has 10 heteroatoms. The molecule has 25 heavy (non-hydrogen) atoms. The van der Waals surface area contributed by atoms with Gasteiger partial charge in [0, 0.05) is 31.6 Å². The van der Waals surface area contributed by atoms with Crippen LogP contribution in [0.15, 0.2) is 12.1 Å². The number of carbonyl (C=O) groups excluding carboxylic acids is 2. The van der Waals surface area contributed by atoms with Crippen molar-refractivity contribution in [2.24, 2.45) is 5.73 Å². The van der Waals surface area contributed by atoms with E-state index >= 15 is 0 Å². The summed E-state index contributed by atoms with van der Waals surface area (Å²) in [6.07, 6.45) is 0. The lowest BCUT2D eigenvalue weighted by Gasteiger charge is -2.22. The molecule has 4 N–H and O–H groups in total. The van der Waals surface area contributed by atoms with E-state index in [0.29, 0.717) is 17.4 Å². The topological polar surface area (TPSA) is 126 Å². The van der Waals surface area contributed by atoms with Gasteiger partial charge in [-0.25, -0.2) is 0 Å². The fourth-order valence-electron chi connectivity index (χ4n) is 2.21. The average Bonchev–Trinajstić information content (AvgIpc) is 3.00. The molecule has 0 radical (unpaired) electrons. The molecule has 0 aliphatic heterocycles. The number of aromatic nitrogens is 3. The highest BCUT2D eigenvalue weighted by molar-refractivity contribution is 7.13. The molecule has 0 aromatic carbocycles. The first kappa shape index (κ1) is 18.6. The number of hydrogen-bond donors (Lipinski definition) is 3. The molecule has 1 atom stereocenters.